The number of alkyl halides is 3. The highest BCUT2D eigenvalue weighted by Gasteiger charge is 2.47. The van der Waals surface area contributed by atoms with Gasteiger partial charge in [-0.05, 0) is 68.1 Å². The monoisotopic (exact) mass is 647 g/mol. The van der Waals surface area contributed by atoms with Gasteiger partial charge in [-0.1, -0.05) is 30.3 Å². The first-order valence-corrected chi connectivity index (χ1v) is 16.2. The molecule has 14 heteroatoms. The zero-order valence-corrected chi connectivity index (χ0v) is 26.0. The zero-order chi connectivity index (χ0) is 32.4. The summed E-state index contributed by atoms with van der Waals surface area (Å²) >= 11 is 0. The number of carbonyl (C=O) groups excluding carboxylic acids is 2. The number of aryl methyl sites for hydroxylation is 2. The molecule has 2 aromatic rings. The lowest BCUT2D eigenvalue weighted by atomic mass is 9.89. The predicted molar refractivity (Wildman–Crippen MR) is 163 cm³/mol. The summed E-state index contributed by atoms with van der Waals surface area (Å²) in [6.07, 6.45) is -2.05. The number of ether oxygens (including phenoxy) is 1. The van der Waals surface area contributed by atoms with Crippen LogP contribution in [0.15, 0.2) is 52.9 Å². The average Bonchev–Trinajstić information content (AvgIpc) is 3.30. The van der Waals surface area contributed by atoms with Crippen molar-refractivity contribution in [2.75, 3.05) is 46.3 Å². The van der Waals surface area contributed by atoms with Crippen molar-refractivity contribution in [3.8, 4) is 5.75 Å². The van der Waals surface area contributed by atoms with Crippen LogP contribution in [0.1, 0.15) is 41.5 Å². The first-order valence-electron chi connectivity index (χ1n) is 14.7. The SMILES string of the molecule is Cc1cc(CCC(=O)N2CCN(C)CC2)ccc1/C=C/S(=O)(=O)N1CCC2(CC1)N=C(c1cccc(OC(F)(F)F)c1)NC2=O. The number of nitrogens with one attached hydrogen (secondary N) is 1. The molecule has 0 aromatic heterocycles. The molecule has 0 atom stereocenters. The molecule has 3 heterocycles. The Morgan fingerprint density at radius 2 is 1.78 bits per heavy atom. The van der Waals surface area contributed by atoms with Gasteiger partial charge in [0.2, 0.25) is 15.9 Å². The maximum absolute atomic E-state index is 13.2. The van der Waals surface area contributed by atoms with E-state index in [4.69, 9.17) is 0 Å². The standard InChI is InChI=1S/C31H36F3N5O5S/c1-22-20-23(7-9-27(40)38-17-15-37(2)16-18-38)6-8-24(22)10-19-45(42,43)39-13-11-30(12-14-39)29(41)35-28(36-30)25-4-3-5-26(21-25)44-31(32,33)34/h3-6,8,10,19-21H,7,9,11-18H2,1-2H3,(H,35,36,41)/b19-10+. The van der Waals surface area contributed by atoms with Crippen LogP contribution in [0, 0.1) is 6.92 Å². The van der Waals surface area contributed by atoms with Crippen molar-refractivity contribution in [2.24, 2.45) is 4.99 Å². The number of piperidine rings is 1. The number of amidine groups is 1. The Labute approximate surface area is 260 Å². The molecule has 3 aliphatic heterocycles. The molecule has 2 amide bonds. The molecule has 2 aromatic carbocycles. The Balaban J connectivity index is 1.18. The van der Waals surface area contributed by atoms with E-state index in [1.165, 1.54) is 16.4 Å². The van der Waals surface area contributed by atoms with Crippen LogP contribution < -0.4 is 10.1 Å². The number of hydrogen-bond acceptors (Lipinski definition) is 7. The summed E-state index contributed by atoms with van der Waals surface area (Å²) in [5.74, 6) is -0.604. The van der Waals surface area contributed by atoms with Gasteiger partial charge in [0.1, 0.15) is 17.1 Å². The van der Waals surface area contributed by atoms with Gasteiger partial charge in [-0.2, -0.15) is 4.31 Å². The van der Waals surface area contributed by atoms with Crippen molar-refractivity contribution < 1.29 is 35.9 Å². The third kappa shape index (κ3) is 7.92. The molecule has 1 N–H and O–H groups in total. The fraction of sp³-hybridized carbons (Fsp3) is 0.452. The number of aliphatic imine (C=N–C) groups is 1. The number of nitrogens with zero attached hydrogens (tertiary/aromatic N) is 4. The van der Waals surface area contributed by atoms with Gasteiger partial charge in [0.15, 0.2) is 0 Å². The Morgan fingerprint density at radius 1 is 1.07 bits per heavy atom. The second-order valence-electron chi connectivity index (χ2n) is 11.6. The molecular weight excluding hydrogens is 611 g/mol. The van der Waals surface area contributed by atoms with E-state index >= 15 is 0 Å². The van der Waals surface area contributed by atoms with Crippen molar-refractivity contribution in [1.29, 1.82) is 0 Å². The second kappa shape index (κ2) is 12.9. The number of sulfonamides is 1. The minimum atomic E-state index is -4.86. The minimum Gasteiger partial charge on any atom is -0.406 e. The molecule has 0 bridgehead atoms. The van der Waals surface area contributed by atoms with Crippen molar-refractivity contribution in [3.63, 3.8) is 0 Å². The van der Waals surface area contributed by atoms with Gasteiger partial charge >= 0.3 is 6.36 Å². The fourth-order valence-electron chi connectivity index (χ4n) is 5.73. The highest BCUT2D eigenvalue weighted by Crippen LogP contribution is 2.33. The lowest BCUT2D eigenvalue weighted by Crippen LogP contribution is -2.50. The van der Waals surface area contributed by atoms with E-state index in [9.17, 15) is 31.2 Å². The number of rotatable bonds is 8. The average molecular weight is 648 g/mol. The Kier molecular flexibility index (Phi) is 9.38. The maximum Gasteiger partial charge on any atom is 0.573 e. The van der Waals surface area contributed by atoms with Crippen molar-refractivity contribution in [2.45, 2.75) is 44.5 Å². The molecule has 45 heavy (non-hydrogen) atoms. The van der Waals surface area contributed by atoms with Gasteiger partial charge in [-0.3, -0.25) is 14.6 Å². The summed E-state index contributed by atoms with van der Waals surface area (Å²) in [5.41, 5.74) is 1.68. The van der Waals surface area contributed by atoms with E-state index in [-0.39, 0.29) is 43.2 Å². The van der Waals surface area contributed by atoms with Crippen LogP contribution >= 0.6 is 0 Å². The second-order valence-corrected chi connectivity index (χ2v) is 13.5. The molecule has 1 spiro atoms. The molecule has 2 fully saturated rings. The number of carbonyl (C=O) groups is 2. The fourth-order valence-corrected chi connectivity index (χ4v) is 6.92. The summed E-state index contributed by atoms with van der Waals surface area (Å²) < 4.78 is 69.5. The molecule has 5 rings (SSSR count). The van der Waals surface area contributed by atoms with Crippen molar-refractivity contribution in [3.05, 3.63) is 70.1 Å². The molecule has 0 unspecified atom stereocenters. The predicted octanol–water partition coefficient (Wildman–Crippen LogP) is 3.31. The smallest absolute Gasteiger partial charge is 0.406 e. The van der Waals surface area contributed by atoms with Crippen LogP contribution in [0.2, 0.25) is 0 Å². The van der Waals surface area contributed by atoms with Crippen LogP contribution in [0.4, 0.5) is 13.2 Å². The number of halogens is 3. The summed E-state index contributed by atoms with van der Waals surface area (Å²) in [5, 5.41) is 3.79. The van der Waals surface area contributed by atoms with Crippen LogP contribution in [-0.2, 0) is 26.0 Å². The highest BCUT2D eigenvalue weighted by atomic mass is 32.2. The normalized spacial score (nSPS) is 19.6. The molecule has 3 aliphatic rings. The topological polar surface area (TPSA) is 112 Å². The Bertz CT molecular complexity index is 1610. The van der Waals surface area contributed by atoms with Gasteiger partial charge in [0.05, 0.1) is 0 Å². The third-order valence-electron chi connectivity index (χ3n) is 8.47. The number of amides is 2. The minimum absolute atomic E-state index is 0.0490. The molecule has 0 saturated carbocycles. The van der Waals surface area contributed by atoms with Crippen LogP contribution in [0.25, 0.3) is 6.08 Å². The van der Waals surface area contributed by atoms with Gasteiger partial charge in [0, 0.05) is 56.7 Å². The number of hydrogen-bond donors (Lipinski definition) is 1. The van der Waals surface area contributed by atoms with Crippen LogP contribution in [0.5, 0.6) is 5.75 Å². The van der Waals surface area contributed by atoms with Gasteiger partial charge < -0.3 is 19.9 Å². The molecule has 10 nitrogen and oxygen atoms in total. The largest absolute Gasteiger partial charge is 0.573 e. The first kappa shape index (κ1) is 32.6. The van der Waals surface area contributed by atoms with Gasteiger partial charge in [-0.25, -0.2) is 8.42 Å². The number of benzene rings is 2. The molecule has 0 aliphatic carbocycles. The summed E-state index contributed by atoms with van der Waals surface area (Å²) in [4.78, 5) is 34.1. The van der Waals surface area contributed by atoms with E-state index < -0.39 is 33.6 Å². The number of likely N-dealkylation sites (N-methyl/N-ethyl adjacent to an activating group) is 1. The summed E-state index contributed by atoms with van der Waals surface area (Å²) in [7, 11) is -1.76. The van der Waals surface area contributed by atoms with E-state index in [0.717, 1.165) is 60.4 Å². The van der Waals surface area contributed by atoms with Crippen molar-refractivity contribution >= 4 is 33.7 Å². The molecule has 2 saturated heterocycles. The van der Waals surface area contributed by atoms with E-state index in [1.54, 1.807) is 6.08 Å². The van der Waals surface area contributed by atoms with E-state index in [0.29, 0.717) is 12.8 Å². The van der Waals surface area contributed by atoms with E-state index in [1.807, 2.05) is 37.1 Å². The Morgan fingerprint density at radius 3 is 2.44 bits per heavy atom. The highest BCUT2D eigenvalue weighted by molar-refractivity contribution is 7.92. The summed E-state index contributed by atoms with van der Waals surface area (Å²) in [6, 6.07) is 10.9. The first-order chi connectivity index (χ1) is 21.2. The quantitative estimate of drug-likeness (QED) is 0.471. The molecule has 0 radical (unpaired) electrons. The van der Waals surface area contributed by atoms with Crippen LogP contribution in [0.3, 0.4) is 0 Å². The third-order valence-corrected chi connectivity index (χ3v) is 10.0. The molecular formula is C31H36F3N5O5S. The van der Waals surface area contributed by atoms with Gasteiger partial charge in [0.25, 0.3) is 5.91 Å². The summed E-state index contributed by atoms with van der Waals surface area (Å²) in [6.45, 7) is 5.22. The lowest BCUT2D eigenvalue weighted by Gasteiger charge is -2.34. The zero-order valence-electron chi connectivity index (χ0n) is 25.1. The van der Waals surface area contributed by atoms with E-state index in [2.05, 4.69) is 19.9 Å². The molecule has 242 valence electrons. The number of piperazine rings is 1. The Hall–Kier alpha value is -3.75. The van der Waals surface area contributed by atoms with Crippen molar-refractivity contribution in [1.82, 2.24) is 19.4 Å². The lowest BCUT2D eigenvalue weighted by molar-refractivity contribution is -0.274. The maximum atomic E-state index is 13.2. The van der Waals surface area contributed by atoms with Crippen LogP contribution in [-0.4, -0.2) is 98.4 Å². The van der Waals surface area contributed by atoms with Gasteiger partial charge in [-0.15, -0.1) is 13.2 Å².